The van der Waals surface area contributed by atoms with Crippen LogP contribution in [0.25, 0.3) is 11.0 Å². The fourth-order valence-corrected chi connectivity index (χ4v) is 4.96. The first-order valence-corrected chi connectivity index (χ1v) is 11.5. The third-order valence-corrected chi connectivity index (χ3v) is 6.95. The van der Waals surface area contributed by atoms with E-state index in [1.54, 1.807) is 0 Å². The van der Waals surface area contributed by atoms with Crippen LogP contribution in [0.4, 0.5) is 0 Å². The second kappa shape index (κ2) is 8.00. The zero-order valence-electron chi connectivity index (χ0n) is 16.2. The van der Waals surface area contributed by atoms with Gasteiger partial charge in [-0.15, -0.1) is 0 Å². The van der Waals surface area contributed by atoms with Crippen LogP contribution in [-0.4, -0.2) is 43.8 Å². The summed E-state index contributed by atoms with van der Waals surface area (Å²) < 4.78 is 29.5. The topological polar surface area (TPSA) is 79.6 Å². The van der Waals surface area contributed by atoms with Crippen LogP contribution < -0.4 is 5.32 Å². The predicted octanol–water partition coefficient (Wildman–Crippen LogP) is 3.08. The van der Waals surface area contributed by atoms with Gasteiger partial charge in [0.25, 0.3) is 0 Å². The minimum absolute atomic E-state index is 0.0722. The maximum Gasteiger partial charge on any atom is 0.242 e. The first-order chi connectivity index (χ1) is 13.9. The maximum atomic E-state index is 13.3. The largest absolute Gasteiger partial charge is 0.459 e. The van der Waals surface area contributed by atoms with Gasteiger partial charge in [0.05, 0.1) is 17.5 Å². The molecule has 1 N–H and O–H groups in total. The highest BCUT2D eigenvalue weighted by atomic mass is 32.2. The molecule has 0 saturated carbocycles. The normalized spacial score (nSPS) is 18.9. The summed E-state index contributed by atoms with van der Waals surface area (Å²) in [5, 5.41) is 4.04. The van der Waals surface area contributed by atoms with Gasteiger partial charge in [-0.05, 0) is 24.6 Å². The Bertz CT molecular complexity index is 1060. The Morgan fingerprint density at radius 3 is 2.38 bits per heavy atom. The number of hydrogen-bond acceptors (Lipinski definition) is 5. The zero-order chi connectivity index (χ0) is 20.4. The molecule has 0 bridgehead atoms. The molecular formula is C22H24N2O4S. The molecule has 2 aromatic carbocycles. The van der Waals surface area contributed by atoms with Gasteiger partial charge in [0.15, 0.2) is 9.84 Å². The monoisotopic (exact) mass is 412 g/mol. The lowest BCUT2D eigenvalue weighted by Gasteiger charge is -2.34. The molecule has 1 saturated heterocycles. The van der Waals surface area contributed by atoms with Crippen LogP contribution >= 0.6 is 0 Å². The van der Waals surface area contributed by atoms with E-state index in [2.05, 4.69) is 5.32 Å². The molecule has 152 valence electrons. The van der Waals surface area contributed by atoms with Gasteiger partial charge >= 0.3 is 0 Å². The van der Waals surface area contributed by atoms with Gasteiger partial charge in [0.1, 0.15) is 17.4 Å². The maximum absolute atomic E-state index is 13.3. The summed E-state index contributed by atoms with van der Waals surface area (Å²) in [7, 11) is -3.03. The van der Waals surface area contributed by atoms with Crippen molar-refractivity contribution in [3.05, 3.63) is 72.0 Å². The lowest BCUT2D eigenvalue weighted by atomic mass is 10.0. The lowest BCUT2D eigenvalue weighted by Crippen LogP contribution is -2.47. The van der Waals surface area contributed by atoms with Crippen molar-refractivity contribution < 1.29 is 17.6 Å². The van der Waals surface area contributed by atoms with E-state index in [-0.39, 0.29) is 23.5 Å². The number of hydrogen-bond donors (Lipinski definition) is 1. The van der Waals surface area contributed by atoms with Gasteiger partial charge in [-0.2, -0.15) is 0 Å². The summed E-state index contributed by atoms with van der Waals surface area (Å²) in [5.74, 6) is 0.668. The molecule has 4 rings (SSSR count). The van der Waals surface area contributed by atoms with E-state index >= 15 is 0 Å². The van der Waals surface area contributed by atoms with Gasteiger partial charge in [0.2, 0.25) is 5.91 Å². The minimum Gasteiger partial charge on any atom is -0.459 e. The highest BCUT2D eigenvalue weighted by molar-refractivity contribution is 7.91. The first-order valence-electron chi connectivity index (χ1n) is 9.71. The van der Waals surface area contributed by atoms with Crippen molar-refractivity contribution in [3.63, 3.8) is 0 Å². The average Bonchev–Trinajstić information content (AvgIpc) is 3.15. The molecule has 1 aromatic heterocycles. The smallest absolute Gasteiger partial charge is 0.242 e. The summed E-state index contributed by atoms with van der Waals surface area (Å²) in [4.78, 5) is 15.2. The number of nitrogens with zero attached hydrogens (tertiary/aromatic N) is 1. The molecule has 29 heavy (non-hydrogen) atoms. The van der Waals surface area contributed by atoms with Gasteiger partial charge in [-0.25, -0.2) is 8.42 Å². The fourth-order valence-electron chi connectivity index (χ4n) is 3.73. The number of para-hydroxylation sites is 1. The Balaban J connectivity index is 1.56. The Labute approximate surface area is 170 Å². The third kappa shape index (κ3) is 4.36. The quantitative estimate of drug-likeness (QED) is 0.697. The van der Waals surface area contributed by atoms with Gasteiger partial charge in [-0.3, -0.25) is 9.69 Å². The molecule has 7 heteroatoms. The summed E-state index contributed by atoms with van der Waals surface area (Å²) in [5.41, 5.74) is 1.63. The van der Waals surface area contributed by atoms with Crippen LogP contribution in [0.15, 0.2) is 65.1 Å². The molecule has 0 aliphatic carbocycles. The van der Waals surface area contributed by atoms with Crippen LogP contribution in [0, 0.1) is 0 Å². The Morgan fingerprint density at radius 1 is 1.03 bits per heavy atom. The van der Waals surface area contributed by atoms with Crippen molar-refractivity contribution in [2.75, 3.05) is 24.6 Å². The molecule has 6 nitrogen and oxygen atoms in total. The van der Waals surface area contributed by atoms with Gasteiger partial charge < -0.3 is 9.73 Å². The van der Waals surface area contributed by atoms with Crippen molar-refractivity contribution in [2.45, 2.75) is 19.0 Å². The van der Waals surface area contributed by atoms with Crippen molar-refractivity contribution in [1.82, 2.24) is 10.2 Å². The van der Waals surface area contributed by atoms with Gasteiger partial charge in [-0.1, -0.05) is 48.5 Å². The van der Waals surface area contributed by atoms with Gasteiger partial charge in [0, 0.05) is 18.5 Å². The van der Waals surface area contributed by atoms with E-state index in [1.807, 2.05) is 72.5 Å². The zero-order valence-corrected chi connectivity index (χ0v) is 17.1. The third-order valence-electron chi connectivity index (χ3n) is 5.34. The predicted molar refractivity (Wildman–Crippen MR) is 112 cm³/mol. The summed E-state index contributed by atoms with van der Waals surface area (Å²) in [6.45, 7) is 2.57. The highest BCUT2D eigenvalue weighted by Gasteiger charge is 2.33. The van der Waals surface area contributed by atoms with Crippen LogP contribution in [0.5, 0.6) is 0 Å². The van der Waals surface area contributed by atoms with E-state index < -0.39 is 15.9 Å². The SMILES string of the molecule is CC(NC(=O)C(c1ccccc1)N1CCS(=O)(=O)CC1)c1cc2ccccc2o1. The van der Waals surface area contributed by atoms with Crippen molar-refractivity contribution in [2.24, 2.45) is 0 Å². The number of benzene rings is 2. The number of fused-ring (bicyclic) bond motifs is 1. The summed E-state index contributed by atoms with van der Waals surface area (Å²) in [6.07, 6.45) is 0. The second-order valence-electron chi connectivity index (χ2n) is 7.42. The van der Waals surface area contributed by atoms with Crippen molar-refractivity contribution in [1.29, 1.82) is 0 Å². The van der Waals surface area contributed by atoms with E-state index in [0.717, 1.165) is 16.5 Å². The highest BCUT2D eigenvalue weighted by Crippen LogP contribution is 2.27. The van der Waals surface area contributed by atoms with E-state index in [9.17, 15) is 13.2 Å². The first kappa shape index (κ1) is 19.7. The van der Waals surface area contributed by atoms with Crippen LogP contribution in [0.3, 0.4) is 0 Å². The number of carbonyl (C=O) groups excluding carboxylic acids is 1. The molecular weight excluding hydrogens is 388 g/mol. The molecule has 2 heterocycles. The molecule has 1 amide bonds. The van der Waals surface area contributed by atoms with Crippen LogP contribution in [0.1, 0.15) is 30.3 Å². The number of rotatable bonds is 5. The van der Waals surface area contributed by atoms with Crippen LogP contribution in [0.2, 0.25) is 0 Å². The number of furan rings is 1. The van der Waals surface area contributed by atoms with E-state index in [1.165, 1.54) is 0 Å². The van der Waals surface area contributed by atoms with E-state index in [0.29, 0.717) is 18.8 Å². The Morgan fingerprint density at radius 2 is 1.69 bits per heavy atom. The number of nitrogens with one attached hydrogen (secondary N) is 1. The summed E-state index contributed by atoms with van der Waals surface area (Å²) in [6, 6.07) is 18.3. The van der Waals surface area contributed by atoms with E-state index in [4.69, 9.17) is 4.42 Å². The second-order valence-corrected chi connectivity index (χ2v) is 9.72. The standard InChI is InChI=1S/C22H24N2O4S/c1-16(20-15-18-9-5-6-10-19(18)28-20)23-22(25)21(17-7-3-2-4-8-17)24-11-13-29(26,27)14-12-24/h2-10,15-16,21H,11-14H2,1H3,(H,23,25). The summed E-state index contributed by atoms with van der Waals surface area (Å²) >= 11 is 0. The molecule has 3 aromatic rings. The molecule has 2 unspecified atom stereocenters. The Hall–Kier alpha value is -2.64. The number of carbonyl (C=O) groups is 1. The minimum atomic E-state index is -3.03. The average molecular weight is 413 g/mol. The molecule has 1 fully saturated rings. The number of amides is 1. The molecule has 1 aliphatic rings. The van der Waals surface area contributed by atoms with Crippen molar-refractivity contribution in [3.8, 4) is 0 Å². The fraction of sp³-hybridized carbons (Fsp3) is 0.318. The Kier molecular flexibility index (Phi) is 5.43. The number of sulfone groups is 1. The lowest BCUT2D eigenvalue weighted by molar-refractivity contribution is -0.127. The van der Waals surface area contributed by atoms with Crippen LogP contribution in [-0.2, 0) is 14.6 Å². The molecule has 0 radical (unpaired) electrons. The molecule has 1 aliphatic heterocycles. The molecule has 2 atom stereocenters. The van der Waals surface area contributed by atoms with Crippen molar-refractivity contribution >= 4 is 26.7 Å². The molecule has 0 spiro atoms.